The van der Waals surface area contributed by atoms with Crippen molar-refractivity contribution in [2.24, 2.45) is 5.14 Å². The minimum Gasteiger partial charge on any atom is -0.444 e. The first-order valence-corrected chi connectivity index (χ1v) is 8.39. The van der Waals surface area contributed by atoms with Crippen LogP contribution in [-0.4, -0.2) is 26.7 Å². The Morgan fingerprint density at radius 1 is 1.32 bits per heavy atom. The summed E-state index contributed by atoms with van der Waals surface area (Å²) in [7, 11) is -3.75. The van der Waals surface area contributed by atoms with Gasteiger partial charge in [0, 0.05) is 6.54 Å². The molecule has 0 aliphatic carbocycles. The summed E-state index contributed by atoms with van der Waals surface area (Å²) in [4.78, 5) is 11.5. The zero-order valence-electron chi connectivity index (χ0n) is 13.0. The standard InChI is InChI=1S/C15H22N2O4S/c1-15(2,3)21-14(18)17-11-7-6-9-12-8-4-5-10-13(12)22(16,19)20/h4-6,8-10H,7,11H2,1-3H3,(H,17,18)(H2,16,19,20). The van der Waals surface area contributed by atoms with Crippen LogP contribution >= 0.6 is 0 Å². The first kappa shape index (κ1) is 18.2. The maximum Gasteiger partial charge on any atom is 0.407 e. The highest BCUT2D eigenvalue weighted by Crippen LogP contribution is 2.15. The van der Waals surface area contributed by atoms with Crippen LogP contribution < -0.4 is 10.5 Å². The molecule has 0 radical (unpaired) electrons. The summed E-state index contributed by atoms with van der Waals surface area (Å²) in [5.74, 6) is 0. The number of ether oxygens (including phenoxy) is 1. The van der Waals surface area contributed by atoms with Gasteiger partial charge >= 0.3 is 6.09 Å². The molecule has 7 heteroatoms. The first-order valence-electron chi connectivity index (χ1n) is 6.85. The number of hydrogen-bond donors (Lipinski definition) is 2. The molecular weight excluding hydrogens is 304 g/mol. The second kappa shape index (κ2) is 7.42. The number of carbonyl (C=O) groups is 1. The summed E-state index contributed by atoms with van der Waals surface area (Å²) in [5.41, 5.74) is -0.0174. The molecule has 0 unspecified atom stereocenters. The van der Waals surface area contributed by atoms with Gasteiger partial charge in [-0.25, -0.2) is 18.4 Å². The normalized spacial score (nSPS) is 12.4. The predicted octanol–water partition coefficient (Wildman–Crippen LogP) is 2.26. The average Bonchev–Trinajstić information content (AvgIpc) is 2.35. The Bertz CT molecular complexity index is 646. The molecule has 1 rings (SSSR count). The summed E-state index contributed by atoms with van der Waals surface area (Å²) < 4.78 is 28.0. The number of rotatable bonds is 5. The lowest BCUT2D eigenvalue weighted by molar-refractivity contribution is 0.0529. The molecular formula is C15H22N2O4S. The lowest BCUT2D eigenvalue weighted by Gasteiger charge is -2.19. The summed E-state index contributed by atoms with van der Waals surface area (Å²) >= 11 is 0. The van der Waals surface area contributed by atoms with Crippen LogP contribution in [0.1, 0.15) is 32.8 Å². The van der Waals surface area contributed by atoms with Crippen LogP contribution in [0.25, 0.3) is 6.08 Å². The number of nitrogens with one attached hydrogen (secondary N) is 1. The van der Waals surface area contributed by atoms with Gasteiger partial charge in [-0.05, 0) is 38.8 Å². The van der Waals surface area contributed by atoms with Crippen molar-refractivity contribution in [3.8, 4) is 0 Å². The molecule has 3 N–H and O–H groups in total. The van der Waals surface area contributed by atoms with Crippen molar-refractivity contribution in [3.63, 3.8) is 0 Å². The van der Waals surface area contributed by atoms with Crippen molar-refractivity contribution in [2.45, 2.75) is 37.7 Å². The monoisotopic (exact) mass is 326 g/mol. The van der Waals surface area contributed by atoms with Gasteiger partial charge in [-0.15, -0.1) is 0 Å². The van der Waals surface area contributed by atoms with E-state index in [2.05, 4.69) is 5.32 Å². The SMILES string of the molecule is CC(C)(C)OC(=O)NCCC=Cc1ccccc1S(N)(=O)=O. The number of sulfonamides is 1. The van der Waals surface area contributed by atoms with Gasteiger partial charge < -0.3 is 10.1 Å². The zero-order valence-corrected chi connectivity index (χ0v) is 13.8. The number of primary sulfonamides is 1. The van der Waals surface area contributed by atoms with Crippen LogP contribution in [0.4, 0.5) is 4.79 Å². The van der Waals surface area contributed by atoms with E-state index in [1.165, 1.54) is 6.07 Å². The fourth-order valence-electron chi connectivity index (χ4n) is 1.66. The maximum atomic E-state index is 11.4. The molecule has 1 amide bonds. The van der Waals surface area contributed by atoms with Gasteiger partial charge in [0.25, 0.3) is 0 Å². The van der Waals surface area contributed by atoms with E-state index >= 15 is 0 Å². The molecule has 0 fully saturated rings. The summed E-state index contributed by atoms with van der Waals surface area (Å²) in [6.45, 7) is 5.76. The Labute approximate surface area is 131 Å². The van der Waals surface area contributed by atoms with Crippen LogP contribution in [0.2, 0.25) is 0 Å². The maximum absolute atomic E-state index is 11.4. The van der Waals surface area contributed by atoms with Crippen molar-refractivity contribution in [3.05, 3.63) is 35.9 Å². The second-order valence-electron chi connectivity index (χ2n) is 5.70. The van der Waals surface area contributed by atoms with Crippen molar-refractivity contribution in [1.29, 1.82) is 0 Å². The molecule has 0 atom stereocenters. The number of hydrogen-bond acceptors (Lipinski definition) is 4. The molecule has 0 saturated heterocycles. The van der Waals surface area contributed by atoms with E-state index in [4.69, 9.17) is 9.88 Å². The van der Waals surface area contributed by atoms with Crippen LogP contribution in [-0.2, 0) is 14.8 Å². The zero-order chi connectivity index (χ0) is 16.8. The van der Waals surface area contributed by atoms with Gasteiger partial charge in [0.05, 0.1) is 4.90 Å². The van der Waals surface area contributed by atoms with E-state index in [-0.39, 0.29) is 4.90 Å². The summed E-state index contributed by atoms with van der Waals surface area (Å²) in [5, 5.41) is 7.77. The molecule has 0 saturated carbocycles. The number of nitrogens with two attached hydrogens (primary N) is 1. The topological polar surface area (TPSA) is 98.5 Å². The molecule has 6 nitrogen and oxygen atoms in total. The van der Waals surface area contributed by atoms with E-state index < -0.39 is 21.7 Å². The predicted molar refractivity (Wildman–Crippen MR) is 85.7 cm³/mol. The van der Waals surface area contributed by atoms with Gasteiger partial charge in [-0.2, -0.15) is 0 Å². The van der Waals surface area contributed by atoms with Gasteiger partial charge in [0.1, 0.15) is 5.60 Å². The number of benzene rings is 1. The Morgan fingerprint density at radius 3 is 2.55 bits per heavy atom. The molecule has 0 aliphatic rings. The minimum atomic E-state index is -3.75. The van der Waals surface area contributed by atoms with Gasteiger partial charge in [-0.3, -0.25) is 0 Å². The van der Waals surface area contributed by atoms with Crippen molar-refractivity contribution in [1.82, 2.24) is 5.32 Å². The molecule has 1 aromatic carbocycles. The molecule has 0 bridgehead atoms. The van der Waals surface area contributed by atoms with Crippen molar-refractivity contribution in [2.75, 3.05) is 6.54 Å². The van der Waals surface area contributed by atoms with Crippen LogP contribution in [0.3, 0.4) is 0 Å². The molecule has 0 aliphatic heterocycles. The molecule has 0 aromatic heterocycles. The summed E-state index contributed by atoms with van der Waals surface area (Å²) in [6, 6.07) is 6.46. The Kier molecular flexibility index (Phi) is 6.13. The number of carbonyl (C=O) groups excluding carboxylic acids is 1. The van der Waals surface area contributed by atoms with E-state index in [9.17, 15) is 13.2 Å². The third kappa shape index (κ3) is 6.73. The fourth-order valence-corrected chi connectivity index (χ4v) is 2.39. The Hall–Kier alpha value is -1.86. The average molecular weight is 326 g/mol. The largest absolute Gasteiger partial charge is 0.444 e. The van der Waals surface area contributed by atoms with Gasteiger partial charge in [0.2, 0.25) is 10.0 Å². The highest BCUT2D eigenvalue weighted by atomic mass is 32.2. The summed E-state index contributed by atoms with van der Waals surface area (Å²) in [6.07, 6.45) is 3.49. The van der Waals surface area contributed by atoms with Crippen LogP contribution in [0.15, 0.2) is 35.2 Å². The van der Waals surface area contributed by atoms with E-state index in [1.807, 2.05) is 0 Å². The number of amides is 1. The Balaban J connectivity index is 2.53. The van der Waals surface area contributed by atoms with Crippen LogP contribution in [0, 0.1) is 0 Å². The lowest BCUT2D eigenvalue weighted by atomic mass is 10.2. The third-order valence-electron chi connectivity index (χ3n) is 2.50. The van der Waals surface area contributed by atoms with Crippen molar-refractivity contribution < 1.29 is 17.9 Å². The second-order valence-corrected chi connectivity index (χ2v) is 7.23. The highest BCUT2D eigenvalue weighted by molar-refractivity contribution is 7.89. The quantitative estimate of drug-likeness (QED) is 0.811. The van der Waals surface area contributed by atoms with Gasteiger partial charge in [0.15, 0.2) is 0 Å². The van der Waals surface area contributed by atoms with Crippen LogP contribution in [0.5, 0.6) is 0 Å². The Morgan fingerprint density at radius 2 is 1.95 bits per heavy atom. The van der Waals surface area contributed by atoms with E-state index in [1.54, 1.807) is 51.1 Å². The number of alkyl carbamates (subject to hydrolysis) is 1. The molecule has 1 aromatic rings. The molecule has 122 valence electrons. The minimum absolute atomic E-state index is 0.0753. The molecule has 0 heterocycles. The first-order chi connectivity index (χ1) is 10.1. The highest BCUT2D eigenvalue weighted by Gasteiger charge is 2.15. The van der Waals surface area contributed by atoms with E-state index in [0.29, 0.717) is 18.5 Å². The van der Waals surface area contributed by atoms with Crippen molar-refractivity contribution >= 4 is 22.2 Å². The lowest BCUT2D eigenvalue weighted by Crippen LogP contribution is -2.32. The van der Waals surface area contributed by atoms with E-state index in [0.717, 1.165) is 0 Å². The molecule has 22 heavy (non-hydrogen) atoms. The van der Waals surface area contributed by atoms with Gasteiger partial charge in [-0.1, -0.05) is 30.4 Å². The molecule has 0 spiro atoms. The smallest absolute Gasteiger partial charge is 0.407 e. The third-order valence-corrected chi connectivity index (χ3v) is 3.49. The fraction of sp³-hybridized carbons (Fsp3) is 0.400.